The van der Waals surface area contributed by atoms with E-state index in [0.717, 1.165) is 23.4 Å². The lowest BCUT2D eigenvalue weighted by molar-refractivity contribution is -0.137. The smallest absolute Gasteiger partial charge is 0.396 e. The number of benzene rings is 2. The van der Waals surface area contributed by atoms with E-state index >= 15 is 0 Å². The Labute approximate surface area is 163 Å². The average molecular weight is 406 g/mol. The first-order valence-electron chi connectivity index (χ1n) is 8.83. The van der Waals surface area contributed by atoms with Gasteiger partial charge in [0.25, 0.3) is 0 Å². The Morgan fingerprint density at radius 3 is 2.79 bits per heavy atom. The molecule has 0 spiro atoms. The molecular weight excluding hydrogens is 389 g/mol. The molecule has 1 aliphatic heterocycles. The van der Waals surface area contributed by atoms with Crippen LogP contribution in [0.2, 0.25) is 0 Å². The fourth-order valence-electron chi connectivity index (χ4n) is 3.50. The minimum absolute atomic E-state index is 0.0276. The van der Waals surface area contributed by atoms with E-state index < -0.39 is 11.7 Å². The maximum atomic E-state index is 12.8. The van der Waals surface area contributed by atoms with Crippen LogP contribution in [0.25, 0.3) is 10.2 Å². The van der Waals surface area contributed by atoms with Crippen LogP contribution in [0.4, 0.5) is 18.9 Å². The number of hydrogen-bond acceptors (Lipinski definition) is 4. The molecule has 1 aliphatic rings. The van der Waals surface area contributed by atoms with E-state index in [1.807, 2.05) is 24.3 Å². The lowest BCUT2D eigenvalue weighted by atomic mass is 10.0. The van der Waals surface area contributed by atoms with Crippen LogP contribution in [0.1, 0.15) is 28.5 Å². The van der Waals surface area contributed by atoms with Gasteiger partial charge in [-0.1, -0.05) is 18.2 Å². The predicted molar refractivity (Wildman–Crippen MR) is 102 cm³/mol. The first-order chi connectivity index (χ1) is 13.4. The molecular formula is C20H17F3N2O2S. The second-order valence-electron chi connectivity index (χ2n) is 6.73. The minimum Gasteiger partial charge on any atom is -0.396 e. The lowest BCUT2D eigenvalue weighted by Gasteiger charge is -2.17. The molecule has 146 valence electrons. The number of halogens is 3. The Morgan fingerprint density at radius 2 is 2.04 bits per heavy atom. The standard InChI is InChI=1S/C20H17F3N2O2S/c21-20(22,23)13-5-6-17-15(9-13)24-18(28-17)7-8-19(27)25-10-12(11-26)14-3-1-2-4-16(14)25/h1-6,9,12,26H,7-8,10-11H2. The van der Waals surface area contributed by atoms with E-state index in [9.17, 15) is 23.1 Å². The second-order valence-corrected chi connectivity index (χ2v) is 7.85. The number of thiazole rings is 1. The molecule has 0 fully saturated rings. The Balaban J connectivity index is 1.48. The highest BCUT2D eigenvalue weighted by atomic mass is 32.1. The van der Waals surface area contributed by atoms with Crippen molar-refractivity contribution in [1.82, 2.24) is 4.98 Å². The van der Waals surface area contributed by atoms with Gasteiger partial charge < -0.3 is 10.0 Å². The van der Waals surface area contributed by atoms with E-state index in [1.165, 1.54) is 17.4 Å². The van der Waals surface area contributed by atoms with Crippen molar-refractivity contribution in [3.8, 4) is 0 Å². The van der Waals surface area contributed by atoms with E-state index in [0.29, 0.717) is 28.2 Å². The molecule has 4 rings (SSSR count). The Kier molecular flexibility index (Phi) is 4.84. The van der Waals surface area contributed by atoms with Gasteiger partial charge in [-0.2, -0.15) is 13.2 Å². The number of para-hydroxylation sites is 1. The number of aryl methyl sites for hydroxylation is 1. The van der Waals surface area contributed by atoms with Crippen LogP contribution < -0.4 is 4.90 Å². The Hall–Kier alpha value is -2.45. The summed E-state index contributed by atoms with van der Waals surface area (Å²) in [6.07, 6.45) is -3.83. The number of hydrogen-bond donors (Lipinski definition) is 1. The summed E-state index contributed by atoms with van der Waals surface area (Å²) in [5, 5.41) is 10.2. The zero-order valence-corrected chi connectivity index (χ0v) is 15.6. The summed E-state index contributed by atoms with van der Waals surface area (Å²) in [6, 6.07) is 11.0. The Bertz CT molecular complexity index is 1030. The van der Waals surface area contributed by atoms with E-state index in [-0.39, 0.29) is 24.9 Å². The molecule has 0 aliphatic carbocycles. The van der Waals surface area contributed by atoms with Gasteiger partial charge in [-0.15, -0.1) is 11.3 Å². The van der Waals surface area contributed by atoms with Gasteiger partial charge in [0.15, 0.2) is 0 Å². The van der Waals surface area contributed by atoms with Gasteiger partial charge in [-0.05, 0) is 29.8 Å². The largest absolute Gasteiger partial charge is 0.416 e. The highest BCUT2D eigenvalue weighted by Gasteiger charge is 2.32. The summed E-state index contributed by atoms with van der Waals surface area (Å²) < 4.78 is 39.2. The van der Waals surface area contributed by atoms with Gasteiger partial charge in [0.1, 0.15) is 0 Å². The molecule has 1 N–H and O–H groups in total. The van der Waals surface area contributed by atoms with Gasteiger partial charge >= 0.3 is 6.18 Å². The summed E-state index contributed by atoms with van der Waals surface area (Å²) >= 11 is 1.30. The van der Waals surface area contributed by atoms with Crippen LogP contribution in [0.15, 0.2) is 42.5 Å². The molecule has 1 atom stereocenters. The van der Waals surface area contributed by atoms with Crippen LogP contribution >= 0.6 is 11.3 Å². The number of nitrogens with zero attached hydrogens (tertiary/aromatic N) is 2. The summed E-state index contributed by atoms with van der Waals surface area (Å²) in [4.78, 5) is 18.7. The molecule has 4 nitrogen and oxygen atoms in total. The molecule has 2 heterocycles. The Morgan fingerprint density at radius 1 is 1.25 bits per heavy atom. The zero-order valence-electron chi connectivity index (χ0n) is 14.7. The molecule has 2 aromatic carbocycles. The van der Waals surface area contributed by atoms with E-state index in [4.69, 9.17) is 0 Å². The predicted octanol–water partition coefficient (Wildman–Crippen LogP) is 4.37. The molecule has 1 aromatic heterocycles. The van der Waals surface area contributed by atoms with Crippen molar-refractivity contribution in [2.45, 2.75) is 24.9 Å². The van der Waals surface area contributed by atoms with Gasteiger partial charge in [-0.3, -0.25) is 4.79 Å². The van der Waals surface area contributed by atoms with Crippen molar-refractivity contribution in [2.24, 2.45) is 0 Å². The van der Waals surface area contributed by atoms with Gasteiger partial charge in [0.05, 0.1) is 27.4 Å². The molecule has 0 saturated carbocycles. The number of amides is 1. The topological polar surface area (TPSA) is 53.4 Å². The number of aliphatic hydroxyl groups excluding tert-OH is 1. The maximum absolute atomic E-state index is 12.8. The van der Waals surface area contributed by atoms with Crippen molar-refractivity contribution in [3.63, 3.8) is 0 Å². The average Bonchev–Trinajstić information content (AvgIpc) is 3.25. The van der Waals surface area contributed by atoms with Crippen LogP contribution in [0.5, 0.6) is 0 Å². The summed E-state index contributed by atoms with van der Waals surface area (Å²) in [7, 11) is 0. The molecule has 0 saturated heterocycles. The monoisotopic (exact) mass is 406 g/mol. The van der Waals surface area contributed by atoms with Crippen molar-refractivity contribution in [1.29, 1.82) is 0 Å². The summed E-state index contributed by atoms with van der Waals surface area (Å²) in [5.41, 5.74) is 1.34. The number of rotatable bonds is 4. The fourth-order valence-corrected chi connectivity index (χ4v) is 4.44. The van der Waals surface area contributed by atoms with Crippen LogP contribution in [0, 0.1) is 0 Å². The van der Waals surface area contributed by atoms with Crippen molar-refractivity contribution < 1.29 is 23.1 Å². The van der Waals surface area contributed by atoms with Gasteiger partial charge in [-0.25, -0.2) is 4.98 Å². The normalized spacial score (nSPS) is 16.6. The fraction of sp³-hybridized carbons (Fsp3) is 0.300. The number of anilines is 1. The molecule has 1 unspecified atom stereocenters. The van der Waals surface area contributed by atoms with Crippen LogP contribution in [-0.2, 0) is 17.4 Å². The number of alkyl halides is 3. The lowest BCUT2D eigenvalue weighted by Crippen LogP contribution is -2.30. The third kappa shape index (κ3) is 3.49. The summed E-state index contributed by atoms with van der Waals surface area (Å²) in [5.74, 6) is -0.179. The highest BCUT2D eigenvalue weighted by molar-refractivity contribution is 7.18. The molecule has 3 aromatic rings. The second kappa shape index (κ2) is 7.18. The van der Waals surface area contributed by atoms with Crippen LogP contribution in [0.3, 0.4) is 0 Å². The zero-order chi connectivity index (χ0) is 19.9. The minimum atomic E-state index is -4.40. The van der Waals surface area contributed by atoms with Crippen LogP contribution in [-0.4, -0.2) is 29.1 Å². The van der Waals surface area contributed by atoms with Crippen molar-refractivity contribution in [3.05, 3.63) is 58.6 Å². The molecule has 1 amide bonds. The third-order valence-corrected chi connectivity index (χ3v) is 6.00. The van der Waals surface area contributed by atoms with Crippen molar-refractivity contribution >= 4 is 33.1 Å². The maximum Gasteiger partial charge on any atom is 0.416 e. The molecule has 28 heavy (non-hydrogen) atoms. The third-order valence-electron chi connectivity index (χ3n) is 4.90. The van der Waals surface area contributed by atoms with E-state index in [1.54, 1.807) is 4.90 Å². The SMILES string of the molecule is O=C(CCc1nc2cc(C(F)(F)F)ccc2s1)N1CC(CO)c2ccccc21. The number of aromatic nitrogens is 1. The first kappa shape index (κ1) is 18.9. The number of carbonyl (C=O) groups excluding carboxylic acids is 1. The first-order valence-corrected chi connectivity index (χ1v) is 9.65. The highest BCUT2D eigenvalue weighted by Crippen LogP contribution is 2.36. The number of fused-ring (bicyclic) bond motifs is 2. The van der Waals surface area contributed by atoms with E-state index in [2.05, 4.69) is 4.98 Å². The molecule has 0 bridgehead atoms. The molecule has 0 radical (unpaired) electrons. The summed E-state index contributed by atoms with van der Waals surface area (Å²) in [6.45, 7) is 0.406. The van der Waals surface area contributed by atoms with Crippen molar-refractivity contribution in [2.75, 3.05) is 18.1 Å². The van der Waals surface area contributed by atoms with Gasteiger partial charge in [0, 0.05) is 31.0 Å². The quantitative estimate of drug-likeness (QED) is 0.700. The number of aliphatic hydroxyl groups is 1. The molecule has 8 heteroatoms. The van der Waals surface area contributed by atoms with Gasteiger partial charge in [0.2, 0.25) is 5.91 Å². The number of carbonyl (C=O) groups is 1.